The van der Waals surface area contributed by atoms with Gasteiger partial charge < -0.3 is 4.57 Å². The van der Waals surface area contributed by atoms with Gasteiger partial charge in [-0.1, -0.05) is 0 Å². The molecule has 0 radical (unpaired) electrons. The van der Waals surface area contributed by atoms with Crippen molar-refractivity contribution in [2.24, 2.45) is 7.05 Å². The summed E-state index contributed by atoms with van der Waals surface area (Å²) in [6.45, 7) is 1.43. The van der Waals surface area contributed by atoms with Crippen molar-refractivity contribution in [1.82, 2.24) is 4.57 Å². The third-order valence-corrected chi connectivity index (χ3v) is 2.70. The Morgan fingerprint density at radius 2 is 2.06 bits per heavy atom. The molecule has 0 amide bonds. The number of halogens is 1. The lowest BCUT2D eigenvalue weighted by Gasteiger charge is -2.07. The van der Waals surface area contributed by atoms with E-state index in [1.807, 2.05) is 0 Å². The molecule has 1 aromatic heterocycles. The van der Waals surface area contributed by atoms with Crippen molar-refractivity contribution < 1.29 is 9.18 Å². The van der Waals surface area contributed by atoms with E-state index in [1.165, 1.54) is 23.6 Å². The predicted octanol–water partition coefficient (Wildman–Crippen LogP) is 1.81. The monoisotopic (exact) mass is 233 g/mol. The zero-order chi connectivity index (χ0) is 12.6. The van der Waals surface area contributed by atoms with Crippen LogP contribution in [0.2, 0.25) is 0 Å². The second-order valence-electron chi connectivity index (χ2n) is 4.12. The molecule has 0 spiro atoms. The zero-order valence-electron chi connectivity index (χ0n) is 9.66. The number of carbonyl (C=O) groups excluding carboxylic acids is 1. The number of hydrogen-bond donors (Lipinski definition) is 0. The Labute approximate surface area is 97.5 Å². The molecule has 0 fully saturated rings. The lowest BCUT2D eigenvalue weighted by atomic mass is 10.1. The van der Waals surface area contributed by atoms with Crippen LogP contribution in [0.5, 0.6) is 0 Å². The number of ketones is 1. The minimum atomic E-state index is -0.357. The van der Waals surface area contributed by atoms with Crippen LogP contribution in [-0.2, 0) is 18.3 Å². The summed E-state index contributed by atoms with van der Waals surface area (Å²) in [5.41, 5.74) is 0.848. The van der Waals surface area contributed by atoms with Crippen LogP contribution in [0.15, 0.2) is 29.1 Å². The molecule has 0 atom stereocenters. The first kappa shape index (κ1) is 11.5. The minimum Gasteiger partial charge on any atom is -0.311 e. The summed E-state index contributed by atoms with van der Waals surface area (Å²) in [7, 11) is 1.62. The van der Waals surface area contributed by atoms with Gasteiger partial charge in [0.15, 0.2) is 0 Å². The molecule has 0 saturated heterocycles. The molecule has 2 rings (SSSR count). The van der Waals surface area contributed by atoms with Crippen molar-refractivity contribution in [3.05, 3.63) is 46.0 Å². The molecule has 17 heavy (non-hydrogen) atoms. The fourth-order valence-electron chi connectivity index (χ4n) is 1.92. The van der Waals surface area contributed by atoms with E-state index in [1.54, 1.807) is 19.2 Å². The van der Waals surface area contributed by atoms with E-state index in [0.29, 0.717) is 16.5 Å². The Hall–Kier alpha value is -1.97. The first-order valence-corrected chi connectivity index (χ1v) is 5.26. The SMILES string of the molecule is CC(=O)Cc1cc2cc(F)ccc2n(C)c1=O. The van der Waals surface area contributed by atoms with Crippen molar-refractivity contribution in [3.8, 4) is 0 Å². The quantitative estimate of drug-likeness (QED) is 0.793. The summed E-state index contributed by atoms with van der Waals surface area (Å²) in [4.78, 5) is 23.0. The van der Waals surface area contributed by atoms with E-state index in [0.717, 1.165) is 0 Å². The molecule has 1 heterocycles. The topological polar surface area (TPSA) is 39.1 Å². The van der Waals surface area contributed by atoms with Gasteiger partial charge in [0.2, 0.25) is 0 Å². The van der Waals surface area contributed by atoms with Gasteiger partial charge in [-0.2, -0.15) is 0 Å². The fraction of sp³-hybridized carbons (Fsp3) is 0.231. The molecule has 0 aliphatic rings. The van der Waals surface area contributed by atoms with E-state index in [4.69, 9.17) is 0 Å². The highest BCUT2D eigenvalue weighted by molar-refractivity contribution is 5.83. The standard InChI is InChI=1S/C13H12FNO2/c1-8(16)5-10-6-9-7-11(14)3-4-12(9)15(2)13(10)17/h3-4,6-7H,5H2,1-2H3. The van der Waals surface area contributed by atoms with E-state index in [9.17, 15) is 14.0 Å². The fourth-order valence-corrected chi connectivity index (χ4v) is 1.92. The van der Waals surface area contributed by atoms with Gasteiger partial charge in [0.05, 0.1) is 5.52 Å². The first-order chi connectivity index (χ1) is 7.99. The number of aromatic nitrogens is 1. The number of nitrogens with zero attached hydrogens (tertiary/aromatic N) is 1. The number of fused-ring (bicyclic) bond motifs is 1. The van der Waals surface area contributed by atoms with Crippen molar-refractivity contribution in [1.29, 1.82) is 0 Å². The van der Waals surface area contributed by atoms with Crippen molar-refractivity contribution >= 4 is 16.7 Å². The number of pyridine rings is 1. The Morgan fingerprint density at radius 1 is 1.35 bits per heavy atom. The normalized spacial score (nSPS) is 10.8. The molecule has 0 bridgehead atoms. The highest BCUT2D eigenvalue weighted by atomic mass is 19.1. The third-order valence-electron chi connectivity index (χ3n) is 2.70. The second-order valence-corrected chi connectivity index (χ2v) is 4.12. The third kappa shape index (κ3) is 2.11. The van der Waals surface area contributed by atoms with Gasteiger partial charge in [-0.25, -0.2) is 4.39 Å². The Balaban J connectivity index is 2.75. The van der Waals surface area contributed by atoms with E-state index >= 15 is 0 Å². The number of hydrogen-bond acceptors (Lipinski definition) is 2. The molecule has 3 nitrogen and oxygen atoms in total. The molecule has 0 saturated carbocycles. The van der Waals surface area contributed by atoms with Crippen molar-refractivity contribution in [3.63, 3.8) is 0 Å². The second kappa shape index (κ2) is 4.13. The zero-order valence-corrected chi connectivity index (χ0v) is 9.66. The maximum Gasteiger partial charge on any atom is 0.254 e. The van der Waals surface area contributed by atoms with Gasteiger partial charge in [0, 0.05) is 24.4 Å². The van der Waals surface area contributed by atoms with Gasteiger partial charge >= 0.3 is 0 Å². The number of carbonyl (C=O) groups is 1. The summed E-state index contributed by atoms with van der Waals surface area (Å²) in [6, 6.07) is 5.82. The Kier molecular flexibility index (Phi) is 2.79. The van der Waals surface area contributed by atoms with E-state index < -0.39 is 0 Å². The molecular formula is C13H12FNO2. The van der Waals surface area contributed by atoms with Crippen LogP contribution >= 0.6 is 0 Å². The summed E-state index contributed by atoms with van der Waals surface area (Å²) in [5.74, 6) is -0.442. The van der Waals surface area contributed by atoms with Gasteiger partial charge in [-0.3, -0.25) is 9.59 Å². The molecular weight excluding hydrogens is 221 g/mol. The number of aryl methyl sites for hydroxylation is 1. The van der Waals surface area contributed by atoms with Gasteiger partial charge in [0.1, 0.15) is 11.6 Å². The average molecular weight is 233 g/mol. The molecule has 0 aliphatic heterocycles. The maximum absolute atomic E-state index is 13.1. The highest BCUT2D eigenvalue weighted by Gasteiger charge is 2.08. The highest BCUT2D eigenvalue weighted by Crippen LogP contribution is 2.14. The molecule has 88 valence electrons. The van der Waals surface area contributed by atoms with Crippen LogP contribution in [0.4, 0.5) is 4.39 Å². The van der Waals surface area contributed by atoms with Crippen molar-refractivity contribution in [2.75, 3.05) is 0 Å². The van der Waals surface area contributed by atoms with Crippen LogP contribution in [0.1, 0.15) is 12.5 Å². The van der Waals surface area contributed by atoms with E-state index in [-0.39, 0.29) is 23.6 Å². The number of rotatable bonds is 2. The average Bonchev–Trinajstić information content (AvgIpc) is 2.24. The van der Waals surface area contributed by atoms with Gasteiger partial charge in [0.25, 0.3) is 5.56 Å². The first-order valence-electron chi connectivity index (χ1n) is 5.26. The molecule has 0 aliphatic carbocycles. The van der Waals surface area contributed by atoms with Gasteiger partial charge in [-0.05, 0) is 31.2 Å². The molecule has 0 unspecified atom stereocenters. The smallest absolute Gasteiger partial charge is 0.254 e. The number of Topliss-reactive ketones (excluding diaryl/α,β-unsaturated/α-hetero) is 1. The van der Waals surface area contributed by atoms with Crippen LogP contribution in [0.25, 0.3) is 10.9 Å². The Morgan fingerprint density at radius 3 is 2.71 bits per heavy atom. The lowest BCUT2D eigenvalue weighted by Crippen LogP contribution is -2.22. The Bertz CT molecular complexity index is 658. The largest absolute Gasteiger partial charge is 0.311 e. The minimum absolute atomic E-state index is 0.0825. The van der Waals surface area contributed by atoms with Crippen LogP contribution in [0.3, 0.4) is 0 Å². The molecule has 1 aromatic carbocycles. The van der Waals surface area contributed by atoms with Crippen LogP contribution in [-0.4, -0.2) is 10.4 Å². The van der Waals surface area contributed by atoms with E-state index in [2.05, 4.69) is 0 Å². The van der Waals surface area contributed by atoms with Gasteiger partial charge in [-0.15, -0.1) is 0 Å². The molecule has 4 heteroatoms. The summed E-state index contributed by atoms with van der Waals surface area (Å²) in [5, 5.41) is 0.628. The molecule has 2 aromatic rings. The maximum atomic E-state index is 13.1. The summed E-state index contributed by atoms with van der Waals surface area (Å²) < 4.78 is 14.5. The number of benzene rings is 1. The lowest BCUT2D eigenvalue weighted by molar-refractivity contribution is -0.116. The summed E-state index contributed by atoms with van der Waals surface area (Å²) >= 11 is 0. The van der Waals surface area contributed by atoms with Crippen LogP contribution in [0, 0.1) is 5.82 Å². The predicted molar refractivity (Wildman–Crippen MR) is 63.5 cm³/mol. The summed E-state index contributed by atoms with van der Waals surface area (Å²) in [6.07, 6.45) is 0.0825. The van der Waals surface area contributed by atoms with Crippen molar-refractivity contribution in [2.45, 2.75) is 13.3 Å². The van der Waals surface area contributed by atoms with Crippen LogP contribution < -0.4 is 5.56 Å². The molecule has 0 N–H and O–H groups in total.